The molecular weight excluding hydrogens is 420 g/mol. The summed E-state index contributed by atoms with van der Waals surface area (Å²) in [5, 5.41) is 14.7. The van der Waals surface area contributed by atoms with Crippen LogP contribution in [0.2, 0.25) is 0 Å². The first kappa shape index (κ1) is 24.3. The van der Waals surface area contributed by atoms with E-state index in [0.717, 1.165) is 28.7 Å². The van der Waals surface area contributed by atoms with Crippen molar-refractivity contribution in [2.45, 2.75) is 64.0 Å². The Bertz CT molecular complexity index is 976. The number of carboxylic acid groups (broad SMARTS) is 1. The Balaban J connectivity index is 1.67. The molecule has 0 saturated carbocycles. The Morgan fingerprint density at radius 1 is 1.03 bits per heavy atom. The molecule has 3 N–H and O–H groups in total. The predicted molar refractivity (Wildman–Crippen MR) is 126 cm³/mol. The molecule has 1 unspecified atom stereocenters. The van der Waals surface area contributed by atoms with Crippen molar-refractivity contribution >= 4 is 18.0 Å². The van der Waals surface area contributed by atoms with Gasteiger partial charge in [-0.05, 0) is 42.0 Å². The van der Waals surface area contributed by atoms with E-state index in [1.807, 2.05) is 43.3 Å². The largest absolute Gasteiger partial charge is 0.480 e. The lowest BCUT2D eigenvalue weighted by atomic mass is 9.98. The SMILES string of the molecule is CCCC[C@H](NC(=O)OCC1c2ccccc2-c2ccccc21)C(=O)NC(C)(CC)C(=O)O. The summed E-state index contributed by atoms with van der Waals surface area (Å²) in [6.07, 6.45) is 1.46. The number of benzene rings is 2. The molecule has 0 saturated heterocycles. The predicted octanol–water partition coefficient (Wildman–Crippen LogP) is 4.45. The lowest BCUT2D eigenvalue weighted by molar-refractivity contribution is -0.147. The molecule has 0 fully saturated rings. The van der Waals surface area contributed by atoms with Gasteiger partial charge in [0, 0.05) is 5.92 Å². The molecule has 7 nitrogen and oxygen atoms in total. The van der Waals surface area contributed by atoms with Crippen LogP contribution < -0.4 is 10.6 Å². The first-order chi connectivity index (χ1) is 15.8. The smallest absolute Gasteiger partial charge is 0.407 e. The van der Waals surface area contributed by atoms with Gasteiger partial charge in [-0.25, -0.2) is 9.59 Å². The lowest BCUT2D eigenvalue weighted by Crippen LogP contribution is -2.57. The average molecular weight is 453 g/mol. The number of hydrogen-bond donors (Lipinski definition) is 3. The number of ether oxygens (including phenoxy) is 1. The number of hydrogen-bond acceptors (Lipinski definition) is 4. The quantitative estimate of drug-likeness (QED) is 0.494. The van der Waals surface area contributed by atoms with Crippen molar-refractivity contribution in [3.05, 3.63) is 59.7 Å². The highest BCUT2D eigenvalue weighted by atomic mass is 16.5. The van der Waals surface area contributed by atoms with E-state index in [2.05, 4.69) is 22.8 Å². The topological polar surface area (TPSA) is 105 Å². The number of carbonyl (C=O) groups excluding carboxylic acids is 2. The zero-order valence-electron chi connectivity index (χ0n) is 19.4. The van der Waals surface area contributed by atoms with Crippen LogP contribution in [0, 0.1) is 0 Å². The summed E-state index contributed by atoms with van der Waals surface area (Å²) < 4.78 is 5.56. The summed E-state index contributed by atoms with van der Waals surface area (Å²) in [6.45, 7) is 5.27. The maximum Gasteiger partial charge on any atom is 0.407 e. The zero-order chi connectivity index (χ0) is 24.0. The van der Waals surface area contributed by atoms with Gasteiger partial charge in [0.05, 0.1) is 0 Å². The second-order valence-corrected chi connectivity index (χ2v) is 8.64. The van der Waals surface area contributed by atoms with Crippen LogP contribution >= 0.6 is 0 Å². The van der Waals surface area contributed by atoms with Crippen molar-refractivity contribution in [1.29, 1.82) is 0 Å². The van der Waals surface area contributed by atoms with Gasteiger partial charge in [-0.1, -0.05) is 75.2 Å². The fourth-order valence-electron chi connectivity index (χ4n) is 4.11. The van der Waals surface area contributed by atoms with Gasteiger partial charge in [-0.3, -0.25) is 4.79 Å². The van der Waals surface area contributed by atoms with Crippen LogP contribution in [-0.2, 0) is 14.3 Å². The molecule has 0 spiro atoms. The van der Waals surface area contributed by atoms with E-state index in [4.69, 9.17) is 4.74 Å². The maximum atomic E-state index is 12.8. The summed E-state index contributed by atoms with van der Waals surface area (Å²) in [6, 6.07) is 15.2. The molecule has 0 heterocycles. The number of fused-ring (bicyclic) bond motifs is 3. The number of carbonyl (C=O) groups is 3. The van der Waals surface area contributed by atoms with E-state index < -0.39 is 29.6 Å². The van der Waals surface area contributed by atoms with Crippen LogP contribution in [0.15, 0.2) is 48.5 Å². The Kier molecular flexibility index (Phi) is 7.74. The van der Waals surface area contributed by atoms with Gasteiger partial charge in [0.25, 0.3) is 0 Å². The van der Waals surface area contributed by atoms with E-state index in [-0.39, 0.29) is 18.9 Å². The summed E-state index contributed by atoms with van der Waals surface area (Å²) in [7, 11) is 0. The fraction of sp³-hybridized carbons (Fsp3) is 0.423. The molecule has 0 radical (unpaired) electrons. The summed E-state index contributed by atoms with van der Waals surface area (Å²) in [5.74, 6) is -1.72. The first-order valence-corrected chi connectivity index (χ1v) is 11.5. The minimum Gasteiger partial charge on any atom is -0.480 e. The van der Waals surface area contributed by atoms with Gasteiger partial charge in [-0.2, -0.15) is 0 Å². The highest BCUT2D eigenvalue weighted by molar-refractivity contribution is 5.91. The van der Waals surface area contributed by atoms with Gasteiger partial charge in [0.1, 0.15) is 18.2 Å². The third kappa shape index (κ3) is 5.35. The zero-order valence-corrected chi connectivity index (χ0v) is 19.4. The molecule has 3 rings (SSSR count). The molecule has 33 heavy (non-hydrogen) atoms. The van der Waals surface area contributed by atoms with Crippen LogP contribution in [0.4, 0.5) is 4.79 Å². The van der Waals surface area contributed by atoms with E-state index in [9.17, 15) is 19.5 Å². The Hall–Kier alpha value is -3.35. The molecule has 2 amide bonds. The van der Waals surface area contributed by atoms with Crippen molar-refractivity contribution in [3.63, 3.8) is 0 Å². The van der Waals surface area contributed by atoms with Crippen molar-refractivity contribution in [2.75, 3.05) is 6.61 Å². The monoisotopic (exact) mass is 452 g/mol. The molecule has 1 aliphatic rings. The van der Waals surface area contributed by atoms with Crippen molar-refractivity contribution in [1.82, 2.24) is 10.6 Å². The number of rotatable bonds is 10. The second kappa shape index (κ2) is 10.5. The molecule has 1 aliphatic carbocycles. The molecule has 2 atom stereocenters. The maximum absolute atomic E-state index is 12.8. The highest BCUT2D eigenvalue weighted by Gasteiger charge is 2.35. The first-order valence-electron chi connectivity index (χ1n) is 11.5. The summed E-state index contributed by atoms with van der Waals surface area (Å²) >= 11 is 0. The van der Waals surface area contributed by atoms with Crippen molar-refractivity contribution < 1.29 is 24.2 Å². The van der Waals surface area contributed by atoms with Crippen LogP contribution in [0.1, 0.15) is 63.5 Å². The molecule has 0 aromatic heterocycles. The molecule has 176 valence electrons. The third-order valence-corrected chi connectivity index (χ3v) is 6.38. The summed E-state index contributed by atoms with van der Waals surface area (Å²) in [4.78, 5) is 37.0. The van der Waals surface area contributed by atoms with Gasteiger partial charge in [0.2, 0.25) is 5.91 Å². The molecular formula is C26H32N2O5. The van der Waals surface area contributed by atoms with E-state index in [1.54, 1.807) is 6.92 Å². The second-order valence-electron chi connectivity index (χ2n) is 8.64. The van der Waals surface area contributed by atoms with E-state index >= 15 is 0 Å². The third-order valence-electron chi connectivity index (χ3n) is 6.38. The van der Waals surface area contributed by atoms with Crippen LogP contribution in [-0.4, -0.2) is 41.3 Å². The number of aliphatic carboxylic acids is 1. The van der Waals surface area contributed by atoms with Gasteiger partial charge in [0.15, 0.2) is 0 Å². The minimum absolute atomic E-state index is 0.0820. The van der Waals surface area contributed by atoms with Gasteiger partial charge in [-0.15, -0.1) is 0 Å². The number of alkyl carbamates (subject to hydrolysis) is 1. The summed E-state index contributed by atoms with van der Waals surface area (Å²) in [5.41, 5.74) is 3.08. The number of amides is 2. The van der Waals surface area contributed by atoms with Crippen molar-refractivity contribution in [3.8, 4) is 11.1 Å². The number of nitrogens with one attached hydrogen (secondary N) is 2. The number of unbranched alkanes of at least 4 members (excludes halogenated alkanes) is 1. The number of carboxylic acids is 1. The molecule has 7 heteroatoms. The van der Waals surface area contributed by atoms with E-state index in [1.165, 1.54) is 6.92 Å². The van der Waals surface area contributed by atoms with Crippen molar-refractivity contribution in [2.24, 2.45) is 0 Å². The standard InChI is InChI=1S/C26H32N2O5/c1-4-6-15-22(23(29)28-26(3,5-2)24(30)31)27-25(32)33-16-21-19-13-9-7-11-17(19)18-12-8-10-14-20(18)21/h7-14,21-22H,4-6,15-16H2,1-3H3,(H,27,32)(H,28,29)(H,30,31)/t22-,26?/m0/s1. The molecule has 2 aromatic rings. The Morgan fingerprint density at radius 3 is 2.12 bits per heavy atom. The fourth-order valence-corrected chi connectivity index (χ4v) is 4.11. The molecule has 2 aromatic carbocycles. The normalized spacial score (nSPS) is 15.0. The van der Waals surface area contributed by atoms with Crippen LogP contribution in [0.5, 0.6) is 0 Å². The molecule has 0 bridgehead atoms. The van der Waals surface area contributed by atoms with Gasteiger partial charge >= 0.3 is 12.1 Å². The molecule has 0 aliphatic heterocycles. The van der Waals surface area contributed by atoms with Crippen LogP contribution in [0.25, 0.3) is 11.1 Å². The Labute approximate surface area is 194 Å². The van der Waals surface area contributed by atoms with Gasteiger partial charge < -0.3 is 20.5 Å². The average Bonchev–Trinajstić information content (AvgIpc) is 3.13. The highest BCUT2D eigenvalue weighted by Crippen LogP contribution is 2.44. The minimum atomic E-state index is -1.40. The van der Waals surface area contributed by atoms with E-state index in [0.29, 0.717) is 12.8 Å². The Morgan fingerprint density at radius 2 is 1.61 bits per heavy atom. The van der Waals surface area contributed by atoms with Crippen LogP contribution in [0.3, 0.4) is 0 Å². The lowest BCUT2D eigenvalue weighted by Gasteiger charge is -2.28.